The molecule has 0 bridgehead atoms. The number of hydrogen-bond donors (Lipinski definition) is 1. The average Bonchev–Trinajstić information content (AvgIpc) is 2.44. The predicted octanol–water partition coefficient (Wildman–Crippen LogP) is 0.702. The van der Waals surface area contributed by atoms with Crippen LogP contribution in [0.15, 0.2) is 0 Å². The number of carbonyl (C=O) groups excluding carboxylic acids is 2. The van der Waals surface area contributed by atoms with Crippen LogP contribution in [0, 0.1) is 0 Å². The zero-order chi connectivity index (χ0) is 15.2. The van der Waals surface area contributed by atoms with Crippen molar-refractivity contribution in [2.75, 3.05) is 7.05 Å². The molecule has 0 aromatic heterocycles. The molecule has 0 spiro atoms. The molecule has 0 aromatic carbocycles. The Morgan fingerprint density at radius 1 is 1.00 bits per heavy atom. The van der Waals surface area contributed by atoms with Crippen molar-refractivity contribution in [1.82, 2.24) is 5.32 Å². The van der Waals surface area contributed by atoms with E-state index in [1.165, 1.54) is 44.9 Å². The normalized spacial score (nSPS) is 11.6. The molecule has 120 valence electrons. The van der Waals surface area contributed by atoms with Gasteiger partial charge >= 0.3 is 63.3 Å². The summed E-state index contributed by atoms with van der Waals surface area (Å²) < 4.78 is 4.73. The molecule has 0 unspecified atom stereocenters. The summed E-state index contributed by atoms with van der Waals surface area (Å²) in [6, 6.07) is -0.429. The monoisotopic (exact) mass is 325 g/mol. The summed E-state index contributed by atoms with van der Waals surface area (Å²) >= 11 is 0. The van der Waals surface area contributed by atoms with E-state index in [1.54, 1.807) is 14.0 Å². The molecule has 1 atom stereocenters. The van der Waals surface area contributed by atoms with Gasteiger partial charge in [0.05, 0.1) is 0 Å². The van der Waals surface area contributed by atoms with Crippen LogP contribution in [0.5, 0.6) is 0 Å². The maximum Gasteiger partial charge on any atom is 1.00 e. The summed E-state index contributed by atoms with van der Waals surface area (Å²) in [6.45, 7) is 3.90. The molecule has 0 amide bonds. The molecule has 0 rings (SSSR count). The summed E-state index contributed by atoms with van der Waals surface area (Å²) in [6.07, 6.45) is 11.2. The van der Waals surface area contributed by atoms with E-state index in [0.717, 1.165) is 12.8 Å². The first kappa shape index (κ1) is 24.0. The predicted molar refractivity (Wildman–Crippen MR) is 82.6 cm³/mol. The zero-order valence-electron chi connectivity index (χ0n) is 15.4. The fraction of sp³-hybridized carbons (Fsp3) is 0.875. The first-order valence-corrected chi connectivity index (χ1v) is 8.03. The van der Waals surface area contributed by atoms with E-state index in [9.17, 15) is 9.59 Å². The Labute approximate surface area is 174 Å². The largest absolute Gasteiger partial charge is 1.00 e. The second-order valence-electron chi connectivity index (χ2n) is 5.38. The van der Waals surface area contributed by atoms with Crippen LogP contribution in [0.3, 0.4) is 0 Å². The average molecular weight is 326 g/mol. The molecule has 0 fully saturated rings. The van der Waals surface area contributed by atoms with Crippen molar-refractivity contribution in [3.05, 3.63) is 0 Å². The van der Waals surface area contributed by atoms with Gasteiger partial charge in [-0.15, -0.1) is 0 Å². The third-order valence-electron chi connectivity index (χ3n) is 3.49. The van der Waals surface area contributed by atoms with E-state index in [2.05, 4.69) is 12.2 Å². The Hall–Kier alpha value is 0.736. The van der Waals surface area contributed by atoms with Gasteiger partial charge in [0.1, 0.15) is 6.04 Å². The standard InChI is InChI=1S/C16H31NO3.K.H/c1-4-5-6-7-8-9-10-11-12-13-15(18)20-16(19)14(2)17-3;;/h14,17H,4-13H2,1-3H3;;/q;+1;-1/t14-;;/m0../s1. The van der Waals surface area contributed by atoms with Crippen molar-refractivity contribution in [3.63, 3.8) is 0 Å². The first-order chi connectivity index (χ1) is 9.61. The van der Waals surface area contributed by atoms with Crippen LogP contribution in [-0.4, -0.2) is 25.0 Å². The number of rotatable bonds is 12. The third kappa shape index (κ3) is 15.4. The molecular formula is C16H32KNO3. The number of ether oxygens (including phenoxy) is 1. The molecule has 0 saturated heterocycles. The number of nitrogens with one attached hydrogen (secondary N) is 1. The molecule has 0 aliphatic heterocycles. The maximum absolute atomic E-state index is 11.4. The topological polar surface area (TPSA) is 55.4 Å². The van der Waals surface area contributed by atoms with Gasteiger partial charge in [-0.05, 0) is 20.4 Å². The van der Waals surface area contributed by atoms with Gasteiger partial charge in [-0.3, -0.25) is 4.79 Å². The summed E-state index contributed by atoms with van der Waals surface area (Å²) in [5, 5.41) is 2.75. The second kappa shape index (κ2) is 17.1. The minimum Gasteiger partial charge on any atom is -1.00 e. The quantitative estimate of drug-likeness (QED) is 0.248. The molecular weight excluding hydrogens is 293 g/mol. The summed E-state index contributed by atoms with van der Waals surface area (Å²) in [7, 11) is 1.66. The maximum atomic E-state index is 11.4. The van der Waals surface area contributed by atoms with Crippen molar-refractivity contribution in [2.24, 2.45) is 0 Å². The SMILES string of the molecule is CCCCCCCCCCCC(=O)OC(=O)[C@H](C)NC.[H-].[K+]. The van der Waals surface area contributed by atoms with Crippen LogP contribution >= 0.6 is 0 Å². The van der Waals surface area contributed by atoms with Gasteiger partial charge in [-0.25, -0.2) is 4.79 Å². The van der Waals surface area contributed by atoms with Crippen LogP contribution in [0.25, 0.3) is 0 Å². The van der Waals surface area contributed by atoms with E-state index in [0.29, 0.717) is 6.42 Å². The molecule has 5 heteroatoms. The molecule has 1 N–H and O–H groups in total. The van der Waals surface area contributed by atoms with E-state index in [1.807, 2.05) is 0 Å². The molecule has 0 aromatic rings. The smallest absolute Gasteiger partial charge is 1.00 e. The first-order valence-electron chi connectivity index (χ1n) is 8.03. The Morgan fingerprint density at radius 3 is 1.95 bits per heavy atom. The number of unbranched alkanes of at least 4 members (excludes halogenated alkanes) is 8. The van der Waals surface area contributed by atoms with Gasteiger partial charge in [0, 0.05) is 6.42 Å². The van der Waals surface area contributed by atoms with E-state index in [4.69, 9.17) is 4.74 Å². The van der Waals surface area contributed by atoms with Crippen LogP contribution in [-0.2, 0) is 14.3 Å². The van der Waals surface area contributed by atoms with Crippen molar-refractivity contribution in [1.29, 1.82) is 0 Å². The van der Waals surface area contributed by atoms with Crippen molar-refractivity contribution >= 4 is 11.9 Å². The zero-order valence-corrected chi connectivity index (χ0v) is 17.5. The van der Waals surface area contributed by atoms with Gasteiger partial charge in [-0.2, -0.15) is 0 Å². The van der Waals surface area contributed by atoms with Crippen LogP contribution in [0.1, 0.15) is 79.5 Å². The van der Waals surface area contributed by atoms with Crippen molar-refractivity contribution in [2.45, 2.75) is 84.1 Å². The summed E-state index contributed by atoms with van der Waals surface area (Å²) in [5.74, 6) is -0.895. The Balaban J connectivity index is -0.00000180. The number of esters is 2. The van der Waals surface area contributed by atoms with Gasteiger partial charge in [0.25, 0.3) is 0 Å². The van der Waals surface area contributed by atoms with Crippen LogP contribution in [0.4, 0.5) is 0 Å². The second-order valence-corrected chi connectivity index (χ2v) is 5.38. The number of hydrogen-bond acceptors (Lipinski definition) is 4. The fourth-order valence-corrected chi connectivity index (χ4v) is 1.95. The van der Waals surface area contributed by atoms with E-state index in [-0.39, 0.29) is 52.8 Å². The molecule has 0 saturated carbocycles. The van der Waals surface area contributed by atoms with Gasteiger partial charge in [-0.1, -0.05) is 58.3 Å². The van der Waals surface area contributed by atoms with Gasteiger partial charge < -0.3 is 11.5 Å². The molecule has 0 heterocycles. The summed E-state index contributed by atoms with van der Waals surface area (Å²) in [5.41, 5.74) is 0. The molecule has 4 nitrogen and oxygen atoms in total. The van der Waals surface area contributed by atoms with Crippen molar-refractivity contribution in [3.8, 4) is 0 Å². The Bertz CT molecular complexity index is 278. The third-order valence-corrected chi connectivity index (χ3v) is 3.49. The Kier molecular flexibility index (Phi) is 19.5. The molecule has 0 aliphatic carbocycles. The van der Waals surface area contributed by atoms with Crippen molar-refractivity contribution < 1.29 is 67.1 Å². The van der Waals surface area contributed by atoms with Gasteiger partial charge in [0.2, 0.25) is 0 Å². The minimum absolute atomic E-state index is 0. The van der Waals surface area contributed by atoms with E-state index < -0.39 is 18.0 Å². The van der Waals surface area contributed by atoms with Gasteiger partial charge in [0.15, 0.2) is 0 Å². The molecule has 0 aliphatic rings. The molecule has 0 radical (unpaired) electrons. The van der Waals surface area contributed by atoms with Crippen LogP contribution < -0.4 is 56.7 Å². The number of carbonyl (C=O) groups is 2. The van der Waals surface area contributed by atoms with E-state index >= 15 is 0 Å². The molecule has 21 heavy (non-hydrogen) atoms. The fourth-order valence-electron chi connectivity index (χ4n) is 1.95. The number of likely N-dealkylation sites (N-methyl/N-ethyl adjacent to an activating group) is 1. The Morgan fingerprint density at radius 2 is 1.48 bits per heavy atom. The van der Waals surface area contributed by atoms with Crippen LogP contribution in [0.2, 0.25) is 0 Å². The summed E-state index contributed by atoms with van der Waals surface area (Å²) in [4.78, 5) is 22.7. The minimum atomic E-state index is -0.492.